The van der Waals surface area contributed by atoms with E-state index in [4.69, 9.17) is 4.74 Å². The molecule has 0 fully saturated rings. The van der Waals surface area contributed by atoms with Crippen molar-refractivity contribution in [2.75, 3.05) is 13.2 Å². The van der Waals surface area contributed by atoms with Gasteiger partial charge in [0.1, 0.15) is 12.6 Å². The molecule has 176 valence electrons. The van der Waals surface area contributed by atoms with Gasteiger partial charge in [0.2, 0.25) is 5.91 Å². The van der Waals surface area contributed by atoms with Crippen molar-refractivity contribution >= 4 is 18.0 Å². The summed E-state index contributed by atoms with van der Waals surface area (Å²) >= 11 is 0. The van der Waals surface area contributed by atoms with Gasteiger partial charge in [-0.2, -0.15) is 0 Å². The van der Waals surface area contributed by atoms with E-state index in [9.17, 15) is 19.5 Å². The monoisotopic (exact) mass is 452 g/mol. The Morgan fingerprint density at radius 2 is 1.52 bits per heavy atom. The molecule has 33 heavy (non-hydrogen) atoms. The lowest BCUT2D eigenvalue weighted by atomic mass is 9.82. The zero-order chi connectivity index (χ0) is 24.0. The minimum absolute atomic E-state index is 0.0109. The summed E-state index contributed by atoms with van der Waals surface area (Å²) in [6, 6.07) is 15.3. The largest absolute Gasteiger partial charge is 0.481 e. The molecule has 7 heteroatoms. The zero-order valence-electron chi connectivity index (χ0n) is 19.4. The lowest BCUT2D eigenvalue weighted by molar-refractivity contribution is -0.149. The summed E-state index contributed by atoms with van der Waals surface area (Å²) in [4.78, 5) is 36.8. The van der Waals surface area contributed by atoms with E-state index < -0.39 is 29.4 Å². The first-order valence-electron chi connectivity index (χ1n) is 11.5. The summed E-state index contributed by atoms with van der Waals surface area (Å²) in [5, 5.41) is 14.9. The lowest BCUT2D eigenvalue weighted by Gasteiger charge is -2.28. The average molecular weight is 453 g/mol. The van der Waals surface area contributed by atoms with Crippen molar-refractivity contribution in [2.24, 2.45) is 5.41 Å². The van der Waals surface area contributed by atoms with Crippen LogP contribution in [0.2, 0.25) is 0 Å². The Morgan fingerprint density at radius 1 is 0.970 bits per heavy atom. The number of hydrogen-bond donors (Lipinski definition) is 3. The van der Waals surface area contributed by atoms with Crippen molar-refractivity contribution in [3.05, 3.63) is 59.7 Å². The van der Waals surface area contributed by atoms with Gasteiger partial charge in [0, 0.05) is 12.5 Å². The molecule has 0 heterocycles. The third-order valence-corrected chi connectivity index (χ3v) is 6.77. The second kappa shape index (κ2) is 10.5. The average Bonchev–Trinajstić information content (AvgIpc) is 3.15. The van der Waals surface area contributed by atoms with Gasteiger partial charge in [-0.3, -0.25) is 9.59 Å². The maximum Gasteiger partial charge on any atom is 0.407 e. The quantitative estimate of drug-likeness (QED) is 0.498. The van der Waals surface area contributed by atoms with E-state index in [0.29, 0.717) is 19.3 Å². The summed E-state index contributed by atoms with van der Waals surface area (Å²) in [5.74, 6) is -1.42. The highest BCUT2D eigenvalue weighted by molar-refractivity contribution is 5.86. The number of ether oxygens (including phenoxy) is 1. The summed E-state index contributed by atoms with van der Waals surface area (Å²) in [6.07, 6.45) is 0.481. The van der Waals surface area contributed by atoms with E-state index in [0.717, 1.165) is 22.3 Å². The first kappa shape index (κ1) is 24.3. The van der Waals surface area contributed by atoms with Gasteiger partial charge in [-0.05, 0) is 41.5 Å². The number of alkyl carbamates (subject to hydrolysis) is 1. The van der Waals surface area contributed by atoms with Crippen LogP contribution < -0.4 is 10.6 Å². The molecular formula is C26H32N2O5. The second-order valence-corrected chi connectivity index (χ2v) is 8.44. The predicted molar refractivity (Wildman–Crippen MR) is 126 cm³/mol. The van der Waals surface area contributed by atoms with Crippen molar-refractivity contribution in [2.45, 2.75) is 52.0 Å². The fourth-order valence-electron chi connectivity index (χ4n) is 4.39. The number of aliphatic carboxylic acids is 1. The Labute approximate surface area is 194 Å². The fourth-order valence-corrected chi connectivity index (χ4v) is 4.39. The number of carboxylic acid groups (broad SMARTS) is 1. The van der Waals surface area contributed by atoms with E-state index in [2.05, 4.69) is 22.8 Å². The number of rotatable bonds is 10. The topological polar surface area (TPSA) is 105 Å². The highest BCUT2D eigenvalue weighted by Gasteiger charge is 2.36. The van der Waals surface area contributed by atoms with Gasteiger partial charge in [-0.1, -0.05) is 69.3 Å². The molecule has 1 atom stereocenters. The third-order valence-electron chi connectivity index (χ3n) is 6.77. The molecule has 2 amide bonds. The molecule has 0 aliphatic heterocycles. The van der Waals surface area contributed by atoms with E-state index in [-0.39, 0.29) is 19.1 Å². The maximum atomic E-state index is 12.6. The van der Waals surface area contributed by atoms with Gasteiger partial charge >= 0.3 is 12.1 Å². The molecule has 0 aromatic heterocycles. The van der Waals surface area contributed by atoms with Crippen LogP contribution in [-0.4, -0.2) is 42.3 Å². The standard InChI is InChI=1S/C26H32N2O5/c1-4-22(23(29)27-16-26(5-2,6-3)24(30)31)28-25(32)33-15-21-19-13-9-7-11-17(19)18-12-8-10-14-20(18)21/h7-14,21-22H,4-6,15-16H2,1-3H3,(H,27,29)(H,28,32)(H,30,31)/t22-/m1/s1. The smallest absolute Gasteiger partial charge is 0.407 e. The number of fused-ring (bicyclic) bond motifs is 3. The summed E-state index contributed by atoms with van der Waals surface area (Å²) in [6.45, 7) is 5.52. The Morgan fingerprint density at radius 3 is 2.00 bits per heavy atom. The van der Waals surface area contributed by atoms with E-state index in [1.54, 1.807) is 20.8 Å². The van der Waals surface area contributed by atoms with Crippen LogP contribution >= 0.6 is 0 Å². The first-order valence-corrected chi connectivity index (χ1v) is 11.5. The summed E-state index contributed by atoms with van der Waals surface area (Å²) in [5.41, 5.74) is 3.49. The van der Waals surface area contributed by atoms with Gasteiger partial charge in [0.05, 0.1) is 5.41 Å². The minimum Gasteiger partial charge on any atom is -0.481 e. The molecule has 2 aromatic carbocycles. The number of carboxylic acids is 1. The Hall–Kier alpha value is -3.35. The summed E-state index contributed by atoms with van der Waals surface area (Å²) in [7, 11) is 0. The van der Waals surface area contributed by atoms with E-state index >= 15 is 0 Å². The molecule has 0 radical (unpaired) electrons. The fraction of sp³-hybridized carbons (Fsp3) is 0.423. The molecule has 3 N–H and O–H groups in total. The Balaban J connectivity index is 1.60. The van der Waals surface area contributed by atoms with Crippen LogP contribution in [-0.2, 0) is 14.3 Å². The van der Waals surface area contributed by atoms with Crippen LogP contribution in [0.25, 0.3) is 11.1 Å². The number of nitrogens with one attached hydrogen (secondary N) is 2. The van der Waals surface area contributed by atoms with Crippen molar-refractivity contribution < 1.29 is 24.2 Å². The van der Waals surface area contributed by atoms with E-state index in [1.165, 1.54) is 0 Å². The first-order chi connectivity index (χ1) is 15.9. The van der Waals surface area contributed by atoms with Crippen molar-refractivity contribution in [3.8, 4) is 11.1 Å². The Bertz CT molecular complexity index is 970. The molecular weight excluding hydrogens is 420 g/mol. The molecule has 0 saturated carbocycles. The number of benzene rings is 2. The number of carbonyl (C=O) groups excluding carboxylic acids is 2. The second-order valence-electron chi connectivity index (χ2n) is 8.44. The zero-order valence-corrected chi connectivity index (χ0v) is 19.4. The molecule has 0 spiro atoms. The molecule has 0 bridgehead atoms. The number of hydrogen-bond acceptors (Lipinski definition) is 4. The molecule has 0 unspecified atom stereocenters. The van der Waals surface area contributed by atoms with Gasteiger partial charge in [-0.15, -0.1) is 0 Å². The van der Waals surface area contributed by atoms with Crippen molar-refractivity contribution in [3.63, 3.8) is 0 Å². The lowest BCUT2D eigenvalue weighted by Crippen LogP contribution is -2.50. The maximum absolute atomic E-state index is 12.6. The molecule has 0 saturated heterocycles. The minimum atomic E-state index is -1.02. The van der Waals surface area contributed by atoms with Crippen LogP contribution in [0, 0.1) is 5.41 Å². The normalized spacial score (nSPS) is 13.5. The highest BCUT2D eigenvalue weighted by Crippen LogP contribution is 2.44. The molecule has 1 aliphatic rings. The van der Waals surface area contributed by atoms with Crippen LogP contribution in [0.1, 0.15) is 57.1 Å². The van der Waals surface area contributed by atoms with Crippen molar-refractivity contribution in [1.29, 1.82) is 0 Å². The Kier molecular flexibility index (Phi) is 7.74. The predicted octanol–water partition coefficient (Wildman–Crippen LogP) is 4.31. The molecule has 3 rings (SSSR count). The number of amides is 2. The van der Waals surface area contributed by atoms with Crippen molar-refractivity contribution in [1.82, 2.24) is 10.6 Å². The van der Waals surface area contributed by atoms with Gasteiger partial charge in [-0.25, -0.2) is 4.79 Å². The summed E-state index contributed by atoms with van der Waals surface area (Å²) < 4.78 is 5.52. The SMILES string of the molecule is CC[C@@H](NC(=O)OCC1c2ccccc2-c2ccccc21)C(=O)NCC(CC)(CC)C(=O)O. The third kappa shape index (κ3) is 5.02. The van der Waals surface area contributed by atoms with Gasteiger partial charge in [0.15, 0.2) is 0 Å². The number of carbonyl (C=O) groups is 3. The van der Waals surface area contributed by atoms with Gasteiger partial charge < -0.3 is 20.5 Å². The van der Waals surface area contributed by atoms with Crippen LogP contribution in [0.3, 0.4) is 0 Å². The van der Waals surface area contributed by atoms with E-state index in [1.807, 2.05) is 36.4 Å². The van der Waals surface area contributed by atoms with Crippen LogP contribution in [0.15, 0.2) is 48.5 Å². The molecule has 7 nitrogen and oxygen atoms in total. The molecule has 2 aromatic rings. The molecule has 1 aliphatic carbocycles. The van der Waals surface area contributed by atoms with Crippen LogP contribution in [0.4, 0.5) is 4.79 Å². The van der Waals surface area contributed by atoms with Gasteiger partial charge in [0.25, 0.3) is 0 Å². The highest BCUT2D eigenvalue weighted by atomic mass is 16.5. The van der Waals surface area contributed by atoms with Crippen LogP contribution in [0.5, 0.6) is 0 Å².